The molecule has 1 aromatic heterocycles. The van der Waals surface area contributed by atoms with Gasteiger partial charge in [0.15, 0.2) is 0 Å². The Morgan fingerprint density at radius 1 is 1.78 bits per heavy atom. The summed E-state index contributed by atoms with van der Waals surface area (Å²) in [5, 5.41) is 3.90. The molecule has 1 heterocycles. The van der Waals surface area contributed by atoms with Gasteiger partial charge in [0.2, 0.25) is 11.2 Å². The molecule has 0 unspecified atom stereocenters. The normalized spacial score (nSPS) is 9.67. The quantitative estimate of drug-likeness (QED) is 0.425. The van der Waals surface area contributed by atoms with E-state index in [0.717, 1.165) is 0 Å². The maximum atomic E-state index is 5.41. The van der Waals surface area contributed by atoms with E-state index >= 15 is 0 Å². The Labute approximate surface area is 56.8 Å². The Kier molecular flexibility index (Phi) is 1.54. The zero-order valence-electron chi connectivity index (χ0n) is 4.80. The maximum Gasteiger partial charge on any atom is 0.244 e. The smallest absolute Gasteiger partial charge is 0.244 e. The van der Waals surface area contributed by atoms with Gasteiger partial charge in [-0.05, 0) is 11.6 Å². The molecule has 5 nitrogen and oxygen atoms in total. The largest absolute Gasteiger partial charge is 0.293 e. The van der Waals surface area contributed by atoms with E-state index < -0.39 is 0 Å². The van der Waals surface area contributed by atoms with Crippen LogP contribution in [0.15, 0.2) is 0 Å². The number of nitrogen functional groups attached to an aromatic ring is 1. The fourth-order valence-electron chi connectivity index (χ4n) is 0.479. The van der Waals surface area contributed by atoms with Crippen molar-refractivity contribution >= 4 is 17.5 Å². The fraction of sp³-hybridized carbons (Fsp3) is 0.333. The molecule has 0 aliphatic heterocycles. The SMILES string of the molecule is Cn1nc(Cl)nc1NN. The van der Waals surface area contributed by atoms with Crippen LogP contribution in [0.25, 0.3) is 0 Å². The lowest BCUT2D eigenvalue weighted by atomic mass is 11.0. The average molecular weight is 148 g/mol. The number of nitrogens with one attached hydrogen (secondary N) is 1. The number of halogens is 1. The summed E-state index contributed by atoms with van der Waals surface area (Å²) in [6, 6.07) is 0. The summed E-state index contributed by atoms with van der Waals surface area (Å²) in [5.41, 5.74) is 2.32. The Hall–Kier alpha value is -0.810. The van der Waals surface area contributed by atoms with E-state index in [1.165, 1.54) is 4.68 Å². The van der Waals surface area contributed by atoms with Crippen molar-refractivity contribution in [2.45, 2.75) is 0 Å². The number of nitrogens with zero attached hydrogens (tertiary/aromatic N) is 3. The molecule has 9 heavy (non-hydrogen) atoms. The highest BCUT2D eigenvalue weighted by Crippen LogP contribution is 2.04. The average Bonchev–Trinajstić information content (AvgIpc) is 2.10. The summed E-state index contributed by atoms with van der Waals surface area (Å²) in [6.07, 6.45) is 0. The van der Waals surface area contributed by atoms with Crippen molar-refractivity contribution < 1.29 is 0 Å². The van der Waals surface area contributed by atoms with Crippen LogP contribution in [0.5, 0.6) is 0 Å². The fourth-order valence-corrected chi connectivity index (χ4v) is 0.672. The molecule has 0 fully saturated rings. The van der Waals surface area contributed by atoms with Crippen LogP contribution in [0.3, 0.4) is 0 Å². The lowest BCUT2D eigenvalue weighted by Gasteiger charge is -1.93. The zero-order valence-corrected chi connectivity index (χ0v) is 5.55. The summed E-state index contributed by atoms with van der Waals surface area (Å²) in [7, 11) is 1.69. The number of nitrogens with two attached hydrogens (primary N) is 1. The predicted octanol–water partition coefficient (Wildman–Crippen LogP) is -0.246. The van der Waals surface area contributed by atoms with E-state index in [2.05, 4.69) is 15.5 Å². The standard InChI is InChI=1S/C3H6ClN5/c1-9-3(7-5)6-2(4)8-9/h5H2,1H3,(H,6,7,8). The Morgan fingerprint density at radius 3 is 2.67 bits per heavy atom. The third-order valence-corrected chi connectivity index (χ3v) is 1.03. The van der Waals surface area contributed by atoms with Crippen LogP contribution in [0, 0.1) is 0 Å². The number of aromatic nitrogens is 3. The van der Waals surface area contributed by atoms with E-state index in [1.807, 2.05) is 0 Å². The van der Waals surface area contributed by atoms with Crippen molar-refractivity contribution in [3.05, 3.63) is 5.28 Å². The summed E-state index contributed by atoms with van der Waals surface area (Å²) in [4.78, 5) is 3.71. The van der Waals surface area contributed by atoms with Crippen LogP contribution >= 0.6 is 11.6 Å². The minimum Gasteiger partial charge on any atom is -0.293 e. The number of aryl methyl sites for hydroxylation is 1. The van der Waals surface area contributed by atoms with E-state index in [4.69, 9.17) is 17.4 Å². The Balaban J connectivity index is 3.01. The number of hydrogen-bond donors (Lipinski definition) is 2. The molecule has 0 aromatic carbocycles. The van der Waals surface area contributed by atoms with E-state index in [0.29, 0.717) is 5.95 Å². The van der Waals surface area contributed by atoms with Gasteiger partial charge in [0, 0.05) is 7.05 Å². The van der Waals surface area contributed by atoms with Crippen molar-refractivity contribution in [2.75, 3.05) is 5.43 Å². The molecule has 1 rings (SSSR count). The molecule has 0 atom stereocenters. The van der Waals surface area contributed by atoms with E-state index in [-0.39, 0.29) is 5.28 Å². The monoisotopic (exact) mass is 147 g/mol. The molecule has 50 valence electrons. The second-order valence-corrected chi connectivity index (χ2v) is 1.81. The van der Waals surface area contributed by atoms with Gasteiger partial charge < -0.3 is 0 Å². The molecule has 6 heteroatoms. The van der Waals surface area contributed by atoms with Crippen molar-refractivity contribution in [3.8, 4) is 0 Å². The summed E-state index contributed by atoms with van der Waals surface area (Å²) >= 11 is 5.41. The minimum absolute atomic E-state index is 0.186. The number of rotatable bonds is 1. The molecular weight excluding hydrogens is 142 g/mol. The second kappa shape index (κ2) is 2.20. The molecule has 0 bridgehead atoms. The van der Waals surface area contributed by atoms with Gasteiger partial charge in [0.1, 0.15) is 0 Å². The number of anilines is 1. The van der Waals surface area contributed by atoms with Gasteiger partial charge in [-0.2, -0.15) is 4.98 Å². The molecule has 3 N–H and O–H groups in total. The first kappa shape index (κ1) is 6.31. The lowest BCUT2D eigenvalue weighted by molar-refractivity contribution is 0.770. The zero-order chi connectivity index (χ0) is 6.85. The summed E-state index contributed by atoms with van der Waals surface area (Å²) < 4.78 is 1.45. The Bertz CT molecular complexity index is 206. The van der Waals surface area contributed by atoms with Gasteiger partial charge in [-0.3, -0.25) is 5.43 Å². The molecule has 0 aliphatic rings. The van der Waals surface area contributed by atoms with Crippen molar-refractivity contribution in [3.63, 3.8) is 0 Å². The third-order valence-electron chi connectivity index (χ3n) is 0.866. The van der Waals surface area contributed by atoms with Crippen LogP contribution < -0.4 is 11.3 Å². The molecular formula is C3H6ClN5. The summed E-state index contributed by atoms with van der Waals surface area (Å²) in [5.74, 6) is 5.48. The highest BCUT2D eigenvalue weighted by Gasteiger charge is 2.00. The van der Waals surface area contributed by atoms with Crippen molar-refractivity contribution in [2.24, 2.45) is 12.9 Å². The van der Waals surface area contributed by atoms with Crippen LogP contribution in [-0.4, -0.2) is 14.8 Å². The van der Waals surface area contributed by atoms with Crippen LogP contribution in [0.2, 0.25) is 5.28 Å². The third kappa shape index (κ3) is 1.11. The topological polar surface area (TPSA) is 68.8 Å². The van der Waals surface area contributed by atoms with Gasteiger partial charge >= 0.3 is 0 Å². The van der Waals surface area contributed by atoms with E-state index in [9.17, 15) is 0 Å². The molecule has 0 aliphatic carbocycles. The molecule has 0 saturated heterocycles. The first-order valence-corrected chi connectivity index (χ1v) is 2.65. The van der Waals surface area contributed by atoms with Crippen molar-refractivity contribution in [1.29, 1.82) is 0 Å². The molecule has 0 spiro atoms. The van der Waals surface area contributed by atoms with Crippen LogP contribution in [-0.2, 0) is 7.05 Å². The molecule has 1 aromatic rings. The number of hydrazine groups is 1. The highest BCUT2D eigenvalue weighted by molar-refractivity contribution is 6.28. The Morgan fingerprint density at radius 2 is 2.44 bits per heavy atom. The maximum absolute atomic E-state index is 5.41. The molecule has 0 amide bonds. The lowest BCUT2D eigenvalue weighted by Crippen LogP contribution is -2.11. The van der Waals surface area contributed by atoms with Gasteiger partial charge in [-0.1, -0.05) is 0 Å². The number of hydrogen-bond acceptors (Lipinski definition) is 4. The second-order valence-electron chi connectivity index (χ2n) is 1.47. The highest BCUT2D eigenvalue weighted by atomic mass is 35.5. The first-order chi connectivity index (χ1) is 4.24. The van der Waals surface area contributed by atoms with E-state index in [1.54, 1.807) is 7.05 Å². The summed E-state index contributed by atoms with van der Waals surface area (Å²) in [6.45, 7) is 0. The first-order valence-electron chi connectivity index (χ1n) is 2.27. The predicted molar refractivity (Wildman–Crippen MR) is 33.8 cm³/mol. The van der Waals surface area contributed by atoms with Gasteiger partial charge in [0.25, 0.3) is 0 Å². The van der Waals surface area contributed by atoms with Crippen LogP contribution in [0.1, 0.15) is 0 Å². The van der Waals surface area contributed by atoms with Crippen LogP contribution in [0.4, 0.5) is 5.95 Å². The van der Waals surface area contributed by atoms with Gasteiger partial charge in [-0.15, -0.1) is 5.10 Å². The molecule has 0 saturated carbocycles. The van der Waals surface area contributed by atoms with Gasteiger partial charge in [0.05, 0.1) is 0 Å². The van der Waals surface area contributed by atoms with Gasteiger partial charge in [-0.25, -0.2) is 10.5 Å². The minimum atomic E-state index is 0.186. The van der Waals surface area contributed by atoms with Crippen molar-refractivity contribution in [1.82, 2.24) is 14.8 Å². The molecule has 0 radical (unpaired) electrons.